The summed E-state index contributed by atoms with van der Waals surface area (Å²) in [4.78, 5) is 24.0. The standard InChI is InChI=1S/C22H28N4O3S/c1-3-30(28,29)26-14-7-10-19(26)21-23-16(2)18-11-12-20(27)25(22(18)24-21)15-13-17-8-5-4-6-9-17/h4-6,8-9,19H,3,7,10-15H2,1-2H3/t19-/m0/s1. The fraction of sp³-hybridized carbons (Fsp3) is 0.500. The zero-order valence-electron chi connectivity index (χ0n) is 17.5. The van der Waals surface area contributed by atoms with E-state index in [2.05, 4.69) is 17.1 Å². The minimum Gasteiger partial charge on any atom is -0.296 e. The summed E-state index contributed by atoms with van der Waals surface area (Å²) in [5, 5.41) is 0. The summed E-state index contributed by atoms with van der Waals surface area (Å²) in [6, 6.07) is 9.72. The van der Waals surface area contributed by atoms with Gasteiger partial charge in [0.15, 0.2) is 0 Å². The molecule has 0 aliphatic carbocycles. The van der Waals surface area contributed by atoms with Crippen molar-refractivity contribution in [3.63, 3.8) is 0 Å². The molecule has 2 aliphatic heterocycles. The number of carbonyl (C=O) groups excluding carboxylic acids is 1. The summed E-state index contributed by atoms with van der Waals surface area (Å²) in [6.07, 6.45) is 3.31. The van der Waals surface area contributed by atoms with Crippen LogP contribution in [0.15, 0.2) is 30.3 Å². The monoisotopic (exact) mass is 428 g/mol. The van der Waals surface area contributed by atoms with Crippen LogP contribution in [-0.4, -0.2) is 47.4 Å². The molecule has 3 heterocycles. The molecule has 0 saturated carbocycles. The molecular formula is C22H28N4O3S. The number of carbonyl (C=O) groups is 1. The van der Waals surface area contributed by atoms with Crippen LogP contribution in [0.2, 0.25) is 0 Å². The van der Waals surface area contributed by atoms with Crippen molar-refractivity contribution in [2.45, 2.75) is 52.0 Å². The SMILES string of the molecule is CCS(=O)(=O)N1CCC[C@H]1c1nc(C)c2c(n1)N(CCc1ccccc1)C(=O)CC2. The molecule has 1 aromatic carbocycles. The van der Waals surface area contributed by atoms with E-state index in [1.165, 1.54) is 9.87 Å². The molecule has 160 valence electrons. The molecule has 0 N–H and O–H groups in total. The summed E-state index contributed by atoms with van der Waals surface area (Å²) in [5.41, 5.74) is 3.00. The number of aryl methyl sites for hydroxylation is 1. The number of fused-ring (bicyclic) bond motifs is 1. The van der Waals surface area contributed by atoms with E-state index in [1.807, 2.05) is 25.1 Å². The molecule has 1 aromatic heterocycles. The van der Waals surface area contributed by atoms with Crippen LogP contribution in [0, 0.1) is 6.92 Å². The number of anilines is 1. The number of amides is 1. The number of hydrogen-bond donors (Lipinski definition) is 0. The lowest BCUT2D eigenvalue weighted by Crippen LogP contribution is -2.39. The van der Waals surface area contributed by atoms with Crippen molar-refractivity contribution in [1.29, 1.82) is 0 Å². The lowest BCUT2D eigenvalue weighted by Gasteiger charge is -2.31. The van der Waals surface area contributed by atoms with Crippen LogP contribution in [0.4, 0.5) is 5.82 Å². The maximum Gasteiger partial charge on any atom is 0.228 e. The second kappa shape index (κ2) is 8.43. The Morgan fingerprint density at radius 3 is 2.63 bits per heavy atom. The first-order chi connectivity index (χ1) is 14.4. The van der Waals surface area contributed by atoms with E-state index >= 15 is 0 Å². The Kier molecular flexibility index (Phi) is 5.88. The average molecular weight is 429 g/mol. The zero-order valence-corrected chi connectivity index (χ0v) is 18.4. The molecule has 1 saturated heterocycles. The molecular weight excluding hydrogens is 400 g/mol. The summed E-state index contributed by atoms with van der Waals surface area (Å²) in [7, 11) is -3.33. The molecule has 0 spiro atoms. The van der Waals surface area contributed by atoms with E-state index < -0.39 is 10.0 Å². The van der Waals surface area contributed by atoms with E-state index in [-0.39, 0.29) is 17.7 Å². The van der Waals surface area contributed by atoms with Crippen LogP contribution in [0.1, 0.15) is 54.9 Å². The maximum atomic E-state index is 12.8. The topological polar surface area (TPSA) is 83.5 Å². The fourth-order valence-electron chi connectivity index (χ4n) is 4.37. The predicted octanol–water partition coefficient (Wildman–Crippen LogP) is 2.79. The third-order valence-corrected chi connectivity index (χ3v) is 7.93. The molecule has 4 rings (SSSR count). The highest BCUT2D eigenvalue weighted by molar-refractivity contribution is 7.89. The Labute approximate surface area is 178 Å². The zero-order chi connectivity index (χ0) is 21.3. The molecule has 0 unspecified atom stereocenters. The Morgan fingerprint density at radius 1 is 1.13 bits per heavy atom. The van der Waals surface area contributed by atoms with E-state index in [4.69, 9.17) is 4.98 Å². The second-order valence-corrected chi connectivity index (χ2v) is 10.1. The largest absolute Gasteiger partial charge is 0.296 e. The van der Waals surface area contributed by atoms with Crippen LogP contribution in [0.25, 0.3) is 0 Å². The third kappa shape index (κ3) is 3.98. The summed E-state index contributed by atoms with van der Waals surface area (Å²) < 4.78 is 26.6. The predicted molar refractivity (Wildman–Crippen MR) is 116 cm³/mol. The second-order valence-electron chi connectivity index (χ2n) is 7.92. The quantitative estimate of drug-likeness (QED) is 0.706. The lowest BCUT2D eigenvalue weighted by molar-refractivity contribution is -0.118. The highest BCUT2D eigenvalue weighted by Gasteiger charge is 2.37. The maximum absolute atomic E-state index is 12.8. The minimum atomic E-state index is -3.33. The molecule has 1 amide bonds. The van der Waals surface area contributed by atoms with Crippen LogP contribution in [0.5, 0.6) is 0 Å². The summed E-state index contributed by atoms with van der Waals surface area (Å²) in [6.45, 7) is 4.64. The van der Waals surface area contributed by atoms with Crippen LogP contribution in [0.3, 0.4) is 0 Å². The lowest BCUT2D eigenvalue weighted by atomic mass is 10.0. The van der Waals surface area contributed by atoms with Gasteiger partial charge < -0.3 is 0 Å². The smallest absolute Gasteiger partial charge is 0.228 e. The number of nitrogens with zero attached hydrogens (tertiary/aromatic N) is 4. The Morgan fingerprint density at radius 2 is 1.90 bits per heavy atom. The van der Waals surface area contributed by atoms with Crippen molar-refractivity contribution in [1.82, 2.24) is 14.3 Å². The molecule has 7 nitrogen and oxygen atoms in total. The van der Waals surface area contributed by atoms with E-state index in [0.717, 1.165) is 24.1 Å². The Bertz CT molecular complexity index is 1040. The highest BCUT2D eigenvalue weighted by Crippen LogP contribution is 2.36. The van der Waals surface area contributed by atoms with Gasteiger partial charge in [-0.15, -0.1) is 0 Å². The molecule has 0 bridgehead atoms. The van der Waals surface area contributed by atoms with Gasteiger partial charge in [-0.05, 0) is 45.1 Å². The van der Waals surface area contributed by atoms with Gasteiger partial charge in [-0.1, -0.05) is 30.3 Å². The third-order valence-electron chi connectivity index (χ3n) is 6.05. The van der Waals surface area contributed by atoms with Crippen LogP contribution >= 0.6 is 0 Å². The van der Waals surface area contributed by atoms with Crippen LogP contribution < -0.4 is 4.90 Å². The summed E-state index contributed by atoms with van der Waals surface area (Å²) in [5.74, 6) is 1.30. The average Bonchev–Trinajstić information content (AvgIpc) is 3.24. The van der Waals surface area contributed by atoms with Crippen molar-refractivity contribution < 1.29 is 13.2 Å². The van der Waals surface area contributed by atoms with Crippen LogP contribution in [-0.2, 0) is 27.7 Å². The first-order valence-corrected chi connectivity index (χ1v) is 12.2. The molecule has 1 atom stereocenters. The number of hydrogen-bond acceptors (Lipinski definition) is 5. The van der Waals surface area contributed by atoms with Gasteiger partial charge in [0.05, 0.1) is 11.8 Å². The van der Waals surface area contributed by atoms with Gasteiger partial charge in [-0.3, -0.25) is 9.69 Å². The minimum absolute atomic E-state index is 0.0620. The summed E-state index contributed by atoms with van der Waals surface area (Å²) >= 11 is 0. The number of benzene rings is 1. The van der Waals surface area contributed by atoms with Gasteiger partial charge in [0.2, 0.25) is 15.9 Å². The Hall–Kier alpha value is -2.32. The van der Waals surface area contributed by atoms with Crippen molar-refractivity contribution in [2.24, 2.45) is 0 Å². The number of rotatable bonds is 6. The molecule has 30 heavy (non-hydrogen) atoms. The van der Waals surface area contributed by atoms with Gasteiger partial charge in [0.25, 0.3) is 0 Å². The van der Waals surface area contributed by atoms with Gasteiger partial charge in [0.1, 0.15) is 11.6 Å². The number of sulfonamides is 1. The molecule has 0 radical (unpaired) electrons. The van der Waals surface area contributed by atoms with Crippen molar-refractivity contribution >= 4 is 21.7 Å². The van der Waals surface area contributed by atoms with Gasteiger partial charge in [-0.2, -0.15) is 4.31 Å². The van der Waals surface area contributed by atoms with Crippen molar-refractivity contribution in [3.05, 3.63) is 53.0 Å². The molecule has 8 heteroatoms. The fourth-order valence-corrected chi connectivity index (χ4v) is 5.69. The first-order valence-electron chi connectivity index (χ1n) is 10.6. The van der Waals surface area contributed by atoms with E-state index in [1.54, 1.807) is 11.8 Å². The van der Waals surface area contributed by atoms with Crippen molar-refractivity contribution in [3.8, 4) is 0 Å². The molecule has 2 aromatic rings. The highest BCUT2D eigenvalue weighted by atomic mass is 32.2. The van der Waals surface area contributed by atoms with E-state index in [9.17, 15) is 13.2 Å². The molecule has 2 aliphatic rings. The molecule has 1 fully saturated rings. The normalized spacial score (nSPS) is 19.9. The number of aromatic nitrogens is 2. The van der Waals surface area contributed by atoms with E-state index in [0.29, 0.717) is 44.0 Å². The van der Waals surface area contributed by atoms with Gasteiger partial charge >= 0.3 is 0 Å². The van der Waals surface area contributed by atoms with Gasteiger partial charge in [0, 0.05) is 30.8 Å². The first kappa shape index (κ1) is 20.9. The Balaban J connectivity index is 1.67. The van der Waals surface area contributed by atoms with Crippen molar-refractivity contribution in [2.75, 3.05) is 23.7 Å². The van der Waals surface area contributed by atoms with Gasteiger partial charge in [-0.25, -0.2) is 18.4 Å².